The largest absolute Gasteiger partial charge is 0.493 e. The van der Waals surface area contributed by atoms with Gasteiger partial charge in [0.15, 0.2) is 11.5 Å². The van der Waals surface area contributed by atoms with Gasteiger partial charge in [-0.2, -0.15) is 13.5 Å². The summed E-state index contributed by atoms with van der Waals surface area (Å²) in [7, 11) is -2.60. The molecule has 0 aliphatic heterocycles. The normalized spacial score (nSPS) is 11.3. The third-order valence-electron chi connectivity index (χ3n) is 3.89. The summed E-state index contributed by atoms with van der Waals surface area (Å²) in [6, 6.07) is 19.3. The number of halogens is 1. The molecule has 154 valence electrons. The monoisotopic (exact) mass is 488 g/mol. The van der Waals surface area contributed by atoms with Crippen molar-refractivity contribution in [1.82, 2.24) is 5.43 Å². The minimum absolute atomic E-state index is 0.0351. The lowest BCUT2D eigenvalue weighted by atomic mass is 10.2. The van der Waals surface area contributed by atoms with Crippen molar-refractivity contribution in [3.8, 4) is 11.5 Å². The Morgan fingerprint density at radius 3 is 2.47 bits per heavy atom. The first-order valence-corrected chi connectivity index (χ1v) is 10.9. The smallest absolute Gasteiger partial charge is 0.339 e. The van der Waals surface area contributed by atoms with E-state index in [9.17, 15) is 13.2 Å². The Balaban J connectivity index is 1.72. The maximum Gasteiger partial charge on any atom is 0.339 e. The second kappa shape index (κ2) is 9.55. The van der Waals surface area contributed by atoms with Gasteiger partial charge in [-0.25, -0.2) is 5.43 Å². The van der Waals surface area contributed by atoms with E-state index in [0.29, 0.717) is 11.1 Å². The first-order valence-electron chi connectivity index (χ1n) is 8.65. The Kier molecular flexibility index (Phi) is 6.86. The summed E-state index contributed by atoms with van der Waals surface area (Å²) in [6.45, 7) is 0. The SMILES string of the molecule is COc1cc(C=NNC(=O)c2cccc(Br)c2)ccc1OS(=O)(=O)c1ccccc1. The number of rotatable bonds is 7. The Morgan fingerprint density at radius 1 is 1.00 bits per heavy atom. The van der Waals surface area contributed by atoms with Gasteiger partial charge >= 0.3 is 10.1 Å². The van der Waals surface area contributed by atoms with Crippen molar-refractivity contribution in [2.75, 3.05) is 7.11 Å². The van der Waals surface area contributed by atoms with Crippen LogP contribution >= 0.6 is 15.9 Å². The molecule has 0 radical (unpaired) electrons. The van der Waals surface area contributed by atoms with Gasteiger partial charge in [0, 0.05) is 10.0 Å². The number of benzene rings is 3. The van der Waals surface area contributed by atoms with E-state index in [2.05, 4.69) is 26.5 Å². The molecule has 0 saturated carbocycles. The van der Waals surface area contributed by atoms with Crippen LogP contribution in [-0.2, 0) is 10.1 Å². The number of hydrogen-bond donors (Lipinski definition) is 1. The molecule has 0 bridgehead atoms. The van der Waals surface area contributed by atoms with Crippen LogP contribution in [0.5, 0.6) is 11.5 Å². The highest BCUT2D eigenvalue weighted by atomic mass is 79.9. The molecule has 0 aromatic heterocycles. The molecule has 3 aromatic carbocycles. The molecule has 3 aromatic rings. The number of ether oxygens (including phenoxy) is 1. The van der Waals surface area contributed by atoms with Gasteiger partial charge in [-0.3, -0.25) is 4.79 Å². The molecule has 0 spiro atoms. The Morgan fingerprint density at radius 2 is 1.77 bits per heavy atom. The van der Waals surface area contributed by atoms with Gasteiger partial charge in [-0.05, 0) is 54.1 Å². The molecule has 0 heterocycles. The molecule has 9 heteroatoms. The molecular formula is C21H17BrN2O5S. The van der Waals surface area contributed by atoms with E-state index in [4.69, 9.17) is 8.92 Å². The molecular weight excluding hydrogens is 472 g/mol. The fourth-order valence-electron chi connectivity index (χ4n) is 2.45. The number of nitrogens with one attached hydrogen (secondary N) is 1. The quantitative estimate of drug-likeness (QED) is 0.308. The van der Waals surface area contributed by atoms with Crippen LogP contribution < -0.4 is 14.3 Å². The zero-order chi connectivity index (χ0) is 21.6. The topological polar surface area (TPSA) is 94.1 Å². The first-order chi connectivity index (χ1) is 14.4. The zero-order valence-corrected chi connectivity index (χ0v) is 18.2. The lowest BCUT2D eigenvalue weighted by Crippen LogP contribution is -2.17. The Bertz CT molecular complexity index is 1180. The van der Waals surface area contributed by atoms with Gasteiger partial charge in [0.2, 0.25) is 0 Å². The average molecular weight is 489 g/mol. The van der Waals surface area contributed by atoms with Crippen LogP contribution in [0.3, 0.4) is 0 Å². The number of nitrogens with zero attached hydrogens (tertiary/aromatic N) is 1. The first kappa shape index (κ1) is 21.5. The van der Waals surface area contributed by atoms with E-state index < -0.39 is 10.1 Å². The summed E-state index contributed by atoms with van der Waals surface area (Å²) >= 11 is 3.31. The Hall–Kier alpha value is -3.17. The van der Waals surface area contributed by atoms with E-state index in [-0.39, 0.29) is 22.3 Å². The third kappa shape index (κ3) is 5.46. The molecule has 0 aliphatic carbocycles. The van der Waals surface area contributed by atoms with Crippen molar-refractivity contribution < 1.29 is 22.1 Å². The minimum Gasteiger partial charge on any atom is -0.493 e. The van der Waals surface area contributed by atoms with Crippen molar-refractivity contribution in [2.45, 2.75) is 4.90 Å². The number of amides is 1. The number of methoxy groups -OCH3 is 1. The van der Waals surface area contributed by atoms with Crippen LogP contribution in [0.25, 0.3) is 0 Å². The Labute approximate surface area is 182 Å². The van der Waals surface area contributed by atoms with Crippen molar-refractivity contribution in [1.29, 1.82) is 0 Å². The summed E-state index contributed by atoms with van der Waals surface area (Å²) in [6.07, 6.45) is 1.41. The van der Waals surface area contributed by atoms with Crippen LogP contribution in [0, 0.1) is 0 Å². The predicted molar refractivity (Wildman–Crippen MR) is 116 cm³/mol. The summed E-state index contributed by atoms with van der Waals surface area (Å²) in [5.41, 5.74) is 3.46. The van der Waals surface area contributed by atoms with Crippen molar-refractivity contribution in [3.05, 3.63) is 88.4 Å². The molecule has 1 N–H and O–H groups in total. The highest BCUT2D eigenvalue weighted by Crippen LogP contribution is 2.30. The van der Waals surface area contributed by atoms with E-state index in [1.54, 1.807) is 48.5 Å². The number of hydrogen-bond acceptors (Lipinski definition) is 6. The lowest BCUT2D eigenvalue weighted by molar-refractivity contribution is 0.0955. The predicted octanol–water partition coefficient (Wildman–Crippen LogP) is 3.99. The van der Waals surface area contributed by atoms with Gasteiger partial charge in [0.1, 0.15) is 4.90 Å². The summed E-state index contributed by atoms with van der Waals surface area (Å²) < 4.78 is 36.0. The molecule has 7 nitrogen and oxygen atoms in total. The third-order valence-corrected chi connectivity index (χ3v) is 5.63. The summed E-state index contributed by atoms with van der Waals surface area (Å²) in [5.74, 6) is -0.123. The molecule has 0 unspecified atom stereocenters. The van der Waals surface area contributed by atoms with E-state index in [0.717, 1.165) is 4.47 Å². The molecule has 0 aliphatic rings. The standard InChI is InChI=1S/C21H17BrN2O5S/c1-28-20-12-15(14-23-24-21(25)16-6-5-7-17(22)13-16)10-11-19(20)29-30(26,27)18-8-3-2-4-9-18/h2-14H,1H3,(H,24,25). The fraction of sp³-hybridized carbons (Fsp3) is 0.0476. The van der Waals surface area contributed by atoms with E-state index in [1.165, 1.54) is 31.5 Å². The fourth-order valence-corrected chi connectivity index (χ4v) is 3.81. The molecule has 3 rings (SSSR count). The highest BCUT2D eigenvalue weighted by Gasteiger charge is 2.18. The minimum atomic E-state index is -4.00. The second-order valence-electron chi connectivity index (χ2n) is 5.97. The van der Waals surface area contributed by atoms with E-state index in [1.807, 2.05) is 6.07 Å². The van der Waals surface area contributed by atoms with Crippen molar-refractivity contribution >= 4 is 38.2 Å². The molecule has 0 fully saturated rings. The van der Waals surface area contributed by atoms with Crippen LogP contribution in [0.4, 0.5) is 0 Å². The molecule has 0 saturated heterocycles. The number of carbonyl (C=O) groups excluding carboxylic acids is 1. The number of carbonyl (C=O) groups is 1. The maximum absolute atomic E-state index is 12.4. The van der Waals surface area contributed by atoms with Crippen LogP contribution in [0.1, 0.15) is 15.9 Å². The van der Waals surface area contributed by atoms with Crippen molar-refractivity contribution in [2.24, 2.45) is 5.10 Å². The van der Waals surface area contributed by atoms with E-state index >= 15 is 0 Å². The van der Waals surface area contributed by atoms with Crippen LogP contribution in [-0.4, -0.2) is 27.6 Å². The van der Waals surface area contributed by atoms with Crippen molar-refractivity contribution in [3.63, 3.8) is 0 Å². The molecule has 0 atom stereocenters. The number of hydrazone groups is 1. The van der Waals surface area contributed by atoms with Gasteiger partial charge in [-0.15, -0.1) is 0 Å². The highest BCUT2D eigenvalue weighted by molar-refractivity contribution is 9.10. The van der Waals surface area contributed by atoms with Gasteiger partial charge in [0.25, 0.3) is 5.91 Å². The summed E-state index contributed by atoms with van der Waals surface area (Å²) in [4.78, 5) is 12.1. The van der Waals surface area contributed by atoms with Gasteiger partial charge < -0.3 is 8.92 Å². The molecule has 30 heavy (non-hydrogen) atoms. The zero-order valence-electron chi connectivity index (χ0n) is 15.8. The second-order valence-corrected chi connectivity index (χ2v) is 8.43. The van der Waals surface area contributed by atoms with Crippen LogP contribution in [0.15, 0.2) is 87.3 Å². The van der Waals surface area contributed by atoms with Gasteiger partial charge in [-0.1, -0.05) is 40.2 Å². The van der Waals surface area contributed by atoms with Crippen LogP contribution in [0.2, 0.25) is 0 Å². The average Bonchev–Trinajstić information content (AvgIpc) is 2.75. The molecule has 1 amide bonds. The maximum atomic E-state index is 12.4. The van der Waals surface area contributed by atoms with Gasteiger partial charge in [0.05, 0.1) is 13.3 Å². The summed E-state index contributed by atoms with van der Waals surface area (Å²) in [5, 5.41) is 3.92. The lowest BCUT2D eigenvalue weighted by Gasteiger charge is -2.11.